The Hall–Kier alpha value is -2.51. The lowest BCUT2D eigenvalue weighted by molar-refractivity contribution is -0.121. The molecule has 2 aliphatic rings. The van der Waals surface area contributed by atoms with Crippen LogP contribution in [0, 0.1) is 6.92 Å². The molecular weight excluding hydrogens is 368 g/mol. The molecule has 26 heavy (non-hydrogen) atoms. The van der Waals surface area contributed by atoms with Gasteiger partial charge in [0.2, 0.25) is 6.79 Å². The van der Waals surface area contributed by atoms with Crippen LogP contribution >= 0.6 is 24.0 Å². The monoisotopic (exact) mass is 384 g/mol. The summed E-state index contributed by atoms with van der Waals surface area (Å²) < 4.78 is 11.2. The van der Waals surface area contributed by atoms with Gasteiger partial charge in [0, 0.05) is 5.69 Å². The van der Waals surface area contributed by atoms with Crippen molar-refractivity contribution < 1.29 is 14.3 Å². The zero-order valence-corrected chi connectivity index (χ0v) is 15.7. The Morgan fingerprint density at radius 3 is 2.92 bits per heavy atom. The Bertz CT molecular complexity index is 927. The number of benzene rings is 2. The topological polar surface area (TPSA) is 50.8 Å². The molecule has 0 spiro atoms. The number of carbonyl (C=O) groups is 1. The molecule has 1 saturated heterocycles. The first-order valence-electron chi connectivity index (χ1n) is 8.06. The van der Waals surface area contributed by atoms with Crippen LogP contribution < -0.4 is 14.8 Å². The molecule has 0 aromatic heterocycles. The van der Waals surface area contributed by atoms with Crippen molar-refractivity contribution in [3.8, 4) is 11.5 Å². The van der Waals surface area contributed by atoms with E-state index in [2.05, 4.69) is 5.32 Å². The van der Waals surface area contributed by atoms with E-state index in [1.54, 1.807) is 4.90 Å². The normalized spacial score (nSPS) is 17.3. The molecule has 1 fully saturated rings. The summed E-state index contributed by atoms with van der Waals surface area (Å²) >= 11 is 6.68. The molecule has 4 rings (SSSR count). The molecule has 0 radical (unpaired) electrons. The molecule has 0 bridgehead atoms. The zero-order valence-electron chi connectivity index (χ0n) is 14.0. The van der Waals surface area contributed by atoms with E-state index in [1.165, 1.54) is 11.8 Å². The van der Waals surface area contributed by atoms with E-state index in [-0.39, 0.29) is 12.7 Å². The fourth-order valence-electron chi connectivity index (χ4n) is 2.72. The van der Waals surface area contributed by atoms with Crippen molar-refractivity contribution in [1.82, 2.24) is 4.90 Å². The smallest absolute Gasteiger partial charge is 0.267 e. The molecule has 1 N–H and O–H groups in total. The SMILES string of the molecule is Cc1cccc(NCN2C(=O)C(=Cc3ccc4c(c3)OCO4)SC2=S)c1. The number of rotatable bonds is 4. The Labute approximate surface area is 161 Å². The highest BCUT2D eigenvalue weighted by Crippen LogP contribution is 2.36. The minimum absolute atomic E-state index is 0.0992. The number of hydrogen-bond donors (Lipinski definition) is 1. The van der Waals surface area contributed by atoms with Gasteiger partial charge < -0.3 is 14.8 Å². The largest absolute Gasteiger partial charge is 0.454 e. The van der Waals surface area contributed by atoms with Crippen LogP contribution in [0.25, 0.3) is 6.08 Å². The highest BCUT2D eigenvalue weighted by Gasteiger charge is 2.31. The molecule has 2 aromatic rings. The third-order valence-corrected chi connectivity index (χ3v) is 5.41. The van der Waals surface area contributed by atoms with Gasteiger partial charge in [0.25, 0.3) is 5.91 Å². The molecule has 5 nitrogen and oxygen atoms in total. The lowest BCUT2D eigenvalue weighted by Gasteiger charge is -2.16. The van der Waals surface area contributed by atoms with Crippen molar-refractivity contribution in [1.29, 1.82) is 0 Å². The molecule has 1 amide bonds. The second kappa shape index (κ2) is 7.01. The maximum Gasteiger partial charge on any atom is 0.267 e. The fraction of sp³-hybridized carbons (Fsp3) is 0.158. The second-order valence-corrected chi connectivity index (χ2v) is 7.60. The van der Waals surface area contributed by atoms with Crippen LogP contribution in [0.15, 0.2) is 47.4 Å². The molecular formula is C19H16N2O3S2. The van der Waals surface area contributed by atoms with E-state index in [0.29, 0.717) is 21.6 Å². The zero-order chi connectivity index (χ0) is 18.1. The lowest BCUT2D eigenvalue weighted by atomic mass is 10.2. The summed E-state index contributed by atoms with van der Waals surface area (Å²) in [6.45, 7) is 2.59. The van der Waals surface area contributed by atoms with Crippen LogP contribution in [0.5, 0.6) is 11.5 Å². The van der Waals surface area contributed by atoms with Gasteiger partial charge >= 0.3 is 0 Å². The molecule has 0 unspecified atom stereocenters. The van der Waals surface area contributed by atoms with Crippen molar-refractivity contribution in [2.24, 2.45) is 0 Å². The third-order valence-electron chi connectivity index (χ3n) is 4.03. The van der Waals surface area contributed by atoms with Gasteiger partial charge in [0.05, 0.1) is 11.6 Å². The van der Waals surface area contributed by atoms with Gasteiger partial charge in [-0.25, -0.2) is 0 Å². The number of hydrogen-bond acceptors (Lipinski definition) is 6. The summed E-state index contributed by atoms with van der Waals surface area (Å²) in [5.41, 5.74) is 2.99. The minimum Gasteiger partial charge on any atom is -0.454 e. The van der Waals surface area contributed by atoms with Crippen molar-refractivity contribution in [3.63, 3.8) is 0 Å². The second-order valence-electron chi connectivity index (χ2n) is 5.93. The predicted octanol–water partition coefficient (Wildman–Crippen LogP) is 3.99. The Kier molecular flexibility index (Phi) is 4.57. The van der Waals surface area contributed by atoms with Gasteiger partial charge in [0.15, 0.2) is 11.5 Å². The number of thiocarbonyl (C=S) groups is 1. The van der Waals surface area contributed by atoms with Crippen LogP contribution in [-0.4, -0.2) is 28.6 Å². The number of ether oxygens (including phenoxy) is 2. The van der Waals surface area contributed by atoms with Gasteiger partial charge in [0.1, 0.15) is 4.32 Å². The van der Waals surface area contributed by atoms with E-state index in [4.69, 9.17) is 21.7 Å². The Morgan fingerprint density at radius 1 is 1.23 bits per heavy atom. The van der Waals surface area contributed by atoms with E-state index in [0.717, 1.165) is 22.6 Å². The van der Waals surface area contributed by atoms with Gasteiger partial charge in [-0.2, -0.15) is 0 Å². The van der Waals surface area contributed by atoms with Crippen molar-refractivity contribution in [2.45, 2.75) is 6.92 Å². The number of fused-ring (bicyclic) bond motifs is 1. The third kappa shape index (κ3) is 3.40. The number of nitrogens with one attached hydrogen (secondary N) is 1. The van der Waals surface area contributed by atoms with Crippen LogP contribution in [0.2, 0.25) is 0 Å². The summed E-state index contributed by atoms with van der Waals surface area (Å²) in [6, 6.07) is 13.6. The van der Waals surface area contributed by atoms with Gasteiger partial charge in [-0.3, -0.25) is 9.69 Å². The van der Waals surface area contributed by atoms with Crippen LogP contribution in [0.1, 0.15) is 11.1 Å². The highest BCUT2D eigenvalue weighted by molar-refractivity contribution is 8.26. The van der Waals surface area contributed by atoms with Crippen molar-refractivity contribution >= 4 is 46.0 Å². The summed E-state index contributed by atoms with van der Waals surface area (Å²) in [6.07, 6.45) is 1.83. The van der Waals surface area contributed by atoms with Gasteiger partial charge in [-0.15, -0.1) is 0 Å². The van der Waals surface area contributed by atoms with E-state index >= 15 is 0 Å². The van der Waals surface area contributed by atoms with E-state index in [1.807, 2.05) is 55.5 Å². The maximum absolute atomic E-state index is 12.7. The first kappa shape index (κ1) is 16.9. The molecule has 0 aliphatic carbocycles. The average molecular weight is 384 g/mol. The van der Waals surface area contributed by atoms with Crippen LogP contribution in [0.4, 0.5) is 5.69 Å². The number of anilines is 1. The molecule has 0 saturated carbocycles. The fourth-order valence-corrected chi connectivity index (χ4v) is 3.97. The minimum atomic E-state index is -0.0992. The summed E-state index contributed by atoms with van der Waals surface area (Å²) in [7, 11) is 0. The van der Waals surface area contributed by atoms with Crippen molar-refractivity contribution in [3.05, 3.63) is 58.5 Å². The first-order valence-corrected chi connectivity index (χ1v) is 9.28. The highest BCUT2D eigenvalue weighted by atomic mass is 32.2. The predicted molar refractivity (Wildman–Crippen MR) is 107 cm³/mol. The average Bonchev–Trinajstić information content (AvgIpc) is 3.18. The number of nitrogens with zero attached hydrogens (tertiary/aromatic N) is 1. The van der Waals surface area contributed by atoms with Gasteiger partial charge in [-0.05, 0) is 48.4 Å². The van der Waals surface area contributed by atoms with Gasteiger partial charge in [-0.1, -0.05) is 42.2 Å². The molecule has 132 valence electrons. The van der Waals surface area contributed by atoms with E-state index in [9.17, 15) is 4.79 Å². The maximum atomic E-state index is 12.7. The molecule has 0 atom stereocenters. The summed E-state index contributed by atoms with van der Waals surface area (Å²) in [4.78, 5) is 14.9. The molecule has 2 heterocycles. The number of amides is 1. The van der Waals surface area contributed by atoms with Crippen LogP contribution in [-0.2, 0) is 4.79 Å². The van der Waals surface area contributed by atoms with Crippen molar-refractivity contribution in [2.75, 3.05) is 18.8 Å². The summed E-state index contributed by atoms with van der Waals surface area (Å²) in [5, 5.41) is 3.25. The standard InChI is InChI=1S/C19H16N2O3S2/c1-12-3-2-4-14(7-12)20-10-21-18(22)17(26-19(21)25)9-13-5-6-15-16(8-13)24-11-23-15/h2-9,20H,10-11H2,1H3. The number of aryl methyl sites for hydroxylation is 1. The summed E-state index contributed by atoms with van der Waals surface area (Å²) in [5.74, 6) is 1.31. The quantitative estimate of drug-likeness (QED) is 0.635. The number of carbonyl (C=O) groups excluding carboxylic acids is 1. The number of thioether (sulfide) groups is 1. The van der Waals surface area contributed by atoms with Crippen LogP contribution in [0.3, 0.4) is 0 Å². The Morgan fingerprint density at radius 2 is 2.08 bits per heavy atom. The molecule has 2 aliphatic heterocycles. The Balaban J connectivity index is 1.48. The lowest BCUT2D eigenvalue weighted by Crippen LogP contribution is -2.33. The molecule has 7 heteroatoms. The molecule has 2 aromatic carbocycles. The van der Waals surface area contributed by atoms with E-state index < -0.39 is 0 Å². The first-order chi connectivity index (χ1) is 12.6.